The van der Waals surface area contributed by atoms with Gasteiger partial charge in [-0.05, 0) is 7.05 Å². The molecule has 0 atom stereocenters. The van der Waals surface area contributed by atoms with Crippen LogP contribution in [-0.2, 0) is 14.7 Å². The molecular weight excluding hydrogens is 228 g/mol. The van der Waals surface area contributed by atoms with Crippen LogP contribution in [0.1, 0.15) is 0 Å². The number of nitrogens with zero attached hydrogens (tertiary/aromatic N) is 1. The molecule has 0 aromatic rings. The molecule has 0 unspecified atom stereocenters. The van der Waals surface area contributed by atoms with Crippen molar-refractivity contribution in [3.05, 3.63) is 0 Å². The van der Waals surface area contributed by atoms with Crippen LogP contribution in [0.4, 0.5) is 0 Å². The average Bonchev–Trinajstić information content (AvgIpc) is 1.65. The van der Waals surface area contributed by atoms with E-state index in [1.54, 1.807) is 7.05 Å². The summed E-state index contributed by atoms with van der Waals surface area (Å²) in [6.45, 7) is 0. The van der Waals surface area contributed by atoms with Crippen LogP contribution in [0.5, 0.6) is 0 Å². The van der Waals surface area contributed by atoms with Gasteiger partial charge in [-0.1, -0.05) is 0 Å². The van der Waals surface area contributed by atoms with Crippen LogP contribution < -0.4 is 0 Å². The monoisotopic (exact) mass is 229 g/mol. The van der Waals surface area contributed by atoms with E-state index < -0.39 is 14.7 Å². The predicted molar refractivity (Wildman–Crippen MR) is 36.8 cm³/mol. The summed E-state index contributed by atoms with van der Waals surface area (Å²) in [6.07, 6.45) is 0. The van der Waals surface area contributed by atoms with Crippen LogP contribution >= 0.6 is 39.5 Å². The van der Waals surface area contributed by atoms with E-state index in [0.29, 0.717) is 0 Å². The molecule has 0 radical (unpaired) electrons. The standard InChI is InChI=1S/C2H3ClN.3ClH.Ti/c1-4-2-3;;;;/h1H3;3*1H;/q-1;;;;+4/p-3. The van der Waals surface area contributed by atoms with E-state index in [9.17, 15) is 0 Å². The van der Waals surface area contributed by atoms with E-state index in [-0.39, 0.29) is 0 Å². The molecule has 0 saturated heterocycles. The minimum absolute atomic E-state index is 1.56. The van der Waals surface area contributed by atoms with Crippen LogP contribution in [0.2, 0.25) is 0 Å². The summed E-state index contributed by atoms with van der Waals surface area (Å²) in [7, 11) is 16.5. The number of aliphatic imine (C=N–C) groups is 1. The van der Waals surface area contributed by atoms with E-state index >= 15 is 0 Å². The Kier molecular flexibility index (Phi) is 17.4. The predicted octanol–water partition coefficient (Wildman–Crippen LogP) is 2.83. The molecule has 8 heavy (non-hydrogen) atoms. The second kappa shape index (κ2) is 11.4. The molecule has 1 nitrogen and oxygen atoms in total. The molecule has 0 aliphatic carbocycles. The van der Waals surface area contributed by atoms with Crippen LogP contribution in [0.3, 0.4) is 0 Å². The molecule has 0 amide bonds. The second-order valence-corrected chi connectivity index (χ2v) is 8.43. The minimum atomic E-state index is -1.92. The van der Waals surface area contributed by atoms with E-state index in [1.807, 2.05) is 5.67 Å². The fourth-order valence-corrected chi connectivity index (χ4v) is 0. The fourth-order valence-electron chi connectivity index (χ4n) is 0. The Hall–Kier alpha value is 1.54. The van der Waals surface area contributed by atoms with Gasteiger partial charge in [-0.3, -0.25) is 0 Å². The van der Waals surface area contributed by atoms with Gasteiger partial charge in [0.2, 0.25) is 0 Å². The van der Waals surface area contributed by atoms with Crippen molar-refractivity contribution in [1.82, 2.24) is 0 Å². The van der Waals surface area contributed by atoms with Crippen molar-refractivity contribution in [3.8, 4) is 0 Å². The quantitative estimate of drug-likeness (QED) is 0.345. The molecule has 0 heterocycles. The summed E-state index contributed by atoms with van der Waals surface area (Å²) in [5.74, 6) is 0. The fraction of sp³-hybridized carbons (Fsp3) is 0.500. The van der Waals surface area contributed by atoms with Crippen LogP contribution in [-0.4, -0.2) is 12.7 Å². The van der Waals surface area contributed by atoms with Gasteiger partial charge in [-0.2, -0.15) is 0 Å². The van der Waals surface area contributed by atoms with E-state index in [0.717, 1.165) is 0 Å². The van der Waals surface area contributed by atoms with Crippen molar-refractivity contribution >= 4 is 45.2 Å². The van der Waals surface area contributed by atoms with Gasteiger partial charge in [0.05, 0.1) is 0 Å². The van der Waals surface area contributed by atoms with Gasteiger partial charge in [0, 0.05) is 0 Å². The van der Waals surface area contributed by atoms with E-state index in [2.05, 4.69) is 4.99 Å². The molecule has 0 N–H and O–H groups in total. The SMILES string of the molecule is CN=[C-]Cl.[Cl][Ti+]([Cl])[Cl]. The molecule has 6 heteroatoms. The van der Waals surface area contributed by atoms with Crippen molar-refractivity contribution in [2.75, 3.05) is 7.05 Å². The first-order chi connectivity index (χ1) is 3.65. The third-order valence-electron chi connectivity index (χ3n) is 0.0845. The van der Waals surface area contributed by atoms with Crippen molar-refractivity contribution in [1.29, 1.82) is 0 Å². The molecular formula is C2H3Cl4NTi. The Labute approximate surface area is 71.4 Å². The van der Waals surface area contributed by atoms with Gasteiger partial charge < -0.3 is 22.3 Å². The first kappa shape index (κ1) is 12.2. The molecule has 48 valence electrons. The van der Waals surface area contributed by atoms with Crippen molar-refractivity contribution in [2.24, 2.45) is 4.99 Å². The van der Waals surface area contributed by atoms with Gasteiger partial charge in [0.15, 0.2) is 0 Å². The summed E-state index contributed by atoms with van der Waals surface area (Å²) >= 11 is 2.85. The molecule has 0 aromatic carbocycles. The Balaban J connectivity index is 0. The molecule has 0 rings (SSSR count). The Morgan fingerprint density at radius 2 is 1.50 bits per heavy atom. The number of hydrogen-bond donors (Lipinski definition) is 0. The summed E-state index contributed by atoms with van der Waals surface area (Å²) in [5.41, 5.74) is 2.03. The normalized spacial score (nSPS) is 8.12. The van der Waals surface area contributed by atoms with Gasteiger partial charge in [-0.15, -0.1) is 0 Å². The molecule has 0 fully saturated rings. The zero-order valence-corrected chi connectivity index (χ0v) is 8.54. The molecule has 0 aromatic heterocycles. The number of hydrogen-bond acceptors (Lipinski definition) is 1. The molecule has 0 saturated carbocycles. The van der Waals surface area contributed by atoms with E-state index in [4.69, 9.17) is 39.5 Å². The molecule has 0 spiro atoms. The van der Waals surface area contributed by atoms with Gasteiger partial charge in [0.1, 0.15) is 0 Å². The summed E-state index contributed by atoms with van der Waals surface area (Å²) in [6, 6.07) is 0. The molecule has 0 aliphatic rings. The first-order valence-corrected chi connectivity index (χ1v) is 8.25. The van der Waals surface area contributed by atoms with Gasteiger partial charge >= 0.3 is 42.6 Å². The Bertz CT molecular complexity index is 49.2. The van der Waals surface area contributed by atoms with Crippen molar-refractivity contribution in [2.45, 2.75) is 0 Å². The third-order valence-corrected chi connectivity index (χ3v) is 0.254. The summed E-state index contributed by atoms with van der Waals surface area (Å²) < 4.78 is 0. The summed E-state index contributed by atoms with van der Waals surface area (Å²) in [4.78, 5) is 3.25. The van der Waals surface area contributed by atoms with Crippen LogP contribution in [0.25, 0.3) is 0 Å². The zero-order chi connectivity index (χ0) is 6.99. The maximum atomic E-state index is 4.97. The van der Waals surface area contributed by atoms with Crippen LogP contribution in [0.15, 0.2) is 4.99 Å². The van der Waals surface area contributed by atoms with Crippen molar-refractivity contribution in [3.63, 3.8) is 0 Å². The maximum absolute atomic E-state index is 4.97. The van der Waals surface area contributed by atoms with Gasteiger partial charge in [-0.25, -0.2) is 0 Å². The third kappa shape index (κ3) is 49.9. The van der Waals surface area contributed by atoms with Crippen molar-refractivity contribution < 1.29 is 14.7 Å². The zero-order valence-electron chi connectivity index (χ0n) is 3.96. The Morgan fingerprint density at radius 3 is 1.50 bits per heavy atom. The number of rotatable bonds is 0. The number of halogens is 4. The second-order valence-electron chi connectivity index (χ2n) is 0.522. The van der Waals surface area contributed by atoms with E-state index in [1.165, 1.54) is 0 Å². The Morgan fingerprint density at radius 1 is 1.38 bits per heavy atom. The molecule has 0 bridgehead atoms. The molecule has 0 aliphatic heterocycles. The topological polar surface area (TPSA) is 12.4 Å². The first-order valence-electron chi connectivity index (χ1n) is 1.43. The van der Waals surface area contributed by atoms with Crippen LogP contribution in [0, 0.1) is 0 Å². The summed E-state index contributed by atoms with van der Waals surface area (Å²) in [5, 5.41) is 0. The van der Waals surface area contributed by atoms with Gasteiger partial charge in [0.25, 0.3) is 0 Å². The average molecular weight is 231 g/mol.